The normalized spacial score (nSPS) is 11.4. The maximum Gasteiger partial charge on any atom is 0.218 e. The van der Waals surface area contributed by atoms with Crippen LogP contribution in [0.1, 0.15) is 39.9 Å². The molecule has 108 valence electrons. The van der Waals surface area contributed by atoms with E-state index in [0.717, 1.165) is 31.0 Å². The van der Waals surface area contributed by atoms with Crippen molar-refractivity contribution in [2.45, 2.75) is 46.1 Å². The third-order valence-corrected chi connectivity index (χ3v) is 2.93. The Morgan fingerprint density at radius 3 is 2.58 bits per heavy atom. The summed E-state index contributed by atoms with van der Waals surface area (Å²) >= 11 is 0. The minimum absolute atomic E-state index is 0.175. The van der Waals surface area contributed by atoms with Crippen molar-refractivity contribution >= 4 is 5.82 Å². The molecule has 0 fully saturated rings. The molecule has 1 aromatic heterocycles. The second kappa shape index (κ2) is 7.28. The standard InChI is InChI=1S/C14H25N3O2/c1-6-11-16-12(15-7-2)10-13(17-11)19-9-8-14(3,4)18-5/h10H,6-9H2,1-5H3,(H,15,16,17). The van der Waals surface area contributed by atoms with Crippen LogP contribution in [0, 0.1) is 0 Å². The molecule has 1 aromatic rings. The van der Waals surface area contributed by atoms with Gasteiger partial charge in [0.1, 0.15) is 11.6 Å². The summed E-state index contributed by atoms with van der Waals surface area (Å²) in [5, 5.41) is 3.18. The lowest BCUT2D eigenvalue weighted by molar-refractivity contribution is 0.00507. The van der Waals surface area contributed by atoms with E-state index in [9.17, 15) is 0 Å². The van der Waals surface area contributed by atoms with E-state index in [2.05, 4.69) is 15.3 Å². The Labute approximate surface area is 115 Å². The van der Waals surface area contributed by atoms with Crippen molar-refractivity contribution in [2.24, 2.45) is 0 Å². The Hall–Kier alpha value is -1.36. The molecule has 0 saturated carbocycles. The molecule has 5 nitrogen and oxygen atoms in total. The molecule has 0 amide bonds. The summed E-state index contributed by atoms with van der Waals surface area (Å²) in [5.74, 6) is 2.23. The maximum absolute atomic E-state index is 5.70. The van der Waals surface area contributed by atoms with Crippen molar-refractivity contribution in [1.29, 1.82) is 0 Å². The molecule has 1 heterocycles. The number of anilines is 1. The summed E-state index contributed by atoms with van der Waals surface area (Å²) in [6.45, 7) is 9.55. The number of aryl methyl sites for hydroxylation is 1. The van der Waals surface area contributed by atoms with Crippen LogP contribution in [-0.2, 0) is 11.2 Å². The van der Waals surface area contributed by atoms with Gasteiger partial charge < -0.3 is 14.8 Å². The largest absolute Gasteiger partial charge is 0.477 e. The predicted octanol–water partition coefficient (Wildman–Crippen LogP) is 2.66. The molecule has 0 radical (unpaired) electrons. The van der Waals surface area contributed by atoms with Crippen LogP contribution in [0.15, 0.2) is 6.07 Å². The third kappa shape index (κ3) is 5.42. The van der Waals surface area contributed by atoms with Crippen LogP contribution in [0.25, 0.3) is 0 Å². The Balaban J connectivity index is 2.64. The molecule has 0 atom stereocenters. The van der Waals surface area contributed by atoms with Crippen molar-refractivity contribution in [3.63, 3.8) is 0 Å². The molecule has 0 aliphatic carbocycles. The molecule has 19 heavy (non-hydrogen) atoms. The second-order valence-corrected chi connectivity index (χ2v) is 4.95. The van der Waals surface area contributed by atoms with Crippen LogP contribution in [0.3, 0.4) is 0 Å². The first-order valence-corrected chi connectivity index (χ1v) is 6.80. The maximum atomic E-state index is 5.70. The van der Waals surface area contributed by atoms with Gasteiger partial charge in [0.2, 0.25) is 5.88 Å². The van der Waals surface area contributed by atoms with Gasteiger partial charge >= 0.3 is 0 Å². The Kier molecular flexibility index (Phi) is 6.02. The second-order valence-electron chi connectivity index (χ2n) is 4.95. The van der Waals surface area contributed by atoms with E-state index >= 15 is 0 Å². The van der Waals surface area contributed by atoms with Gasteiger partial charge in [-0.3, -0.25) is 0 Å². The van der Waals surface area contributed by atoms with E-state index in [-0.39, 0.29) is 5.60 Å². The highest BCUT2D eigenvalue weighted by Gasteiger charge is 2.16. The zero-order valence-electron chi connectivity index (χ0n) is 12.6. The number of methoxy groups -OCH3 is 1. The fourth-order valence-corrected chi connectivity index (χ4v) is 1.48. The number of hydrogen-bond donors (Lipinski definition) is 1. The highest BCUT2D eigenvalue weighted by molar-refractivity contribution is 5.38. The Morgan fingerprint density at radius 2 is 2.00 bits per heavy atom. The van der Waals surface area contributed by atoms with Gasteiger partial charge in [0.25, 0.3) is 0 Å². The molecule has 5 heteroatoms. The fourth-order valence-electron chi connectivity index (χ4n) is 1.48. The van der Waals surface area contributed by atoms with Crippen molar-refractivity contribution in [3.05, 3.63) is 11.9 Å². The van der Waals surface area contributed by atoms with Crippen molar-refractivity contribution in [3.8, 4) is 5.88 Å². The Bertz CT molecular complexity index is 394. The summed E-state index contributed by atoms with van der Waals surface area (Å²) in [7, 11) is 1.71. The van der Waals surface area contributed by atoms with E-state index in [4.69, 9.17) is 9.47 Å². The zero-order valence-corrected chi connectivity index (χ0v) is 12.6. The molecule has 0 aliphatic rings. The zero-order chi connectivity index (χ0) is 14.3. The topological polar surface area (TPSA) is 56.3 Å². The highest BCUT2D eigenvalue weighted by atomic mass is 16.5. The van der Waals surface area contributed by atoms with Crippen LogP contribution in [0.2, 0.25) is 0 Å². The molecule has 0 saturated heterocycles. The lowest BCUT2D eigenvalue weighted by Gasteiger charge is -2.22. The van der Waals surface area contributed by atoms with Gasteiger partial charge in [-0.25, -0.2) is 4.98 Å². The number of nitrogens with zero attached hydrogens (tertiary/aromatic N) is 2. The first kappa shape index (κ1) is 15.7. The lowest BCUT2D eigenvalue weighted by Crippen LogP contribution is -2.25. The van der Waals surface area contributed by atoms with Gasteiger partial charge in [0, 0.05) is 32.6 Å². The number of rotatable bonds is 8. The molecule has 0 unspecified atom stereocenters. The molecule has 1 rings (SSSR count). The van der Waals surface area contributed by atoms with Gasteiger partial charge in [-0.05, 0) is 20.8 Å². The molecule has 1 N–H and O–H groups in total. The Morgan fingerprint density at radius 1 is 1.26 bits per heavy atom. The number of ether oxygens (including phenoxy) is 2. The van der Waals surface area contributed by atoms with Crippen LogP contribution in [-0.4, -0.2) is 35.8 Å². The molecular formula is C14H25N3O2. The molecule has 0 aliphatic heterocycles. The van der Waals surface area contributed by atoms with Crippen LogP contribution in [0.5, 0.6) is 5.88 Å². The smallest absolute Gasteiger partial charge is 0.218 e. The van der Waals surface area contributed by atoms with E-state index in [1.807, 2.05) is 33.8 Å². The van der Waals surface area contributed by atoms with Crippen LogP contribution in [0.4, 0.5) is 5.82 Å². The average molecular weight is 267 g/mol. The molecule has 0 spiro atoms. The highest BCUT2D eigenvalue weighted by Crippen LogP contribution is 2.17. The first-order chi connectivity index (χ1) is 9.00. The van der Waals surface area contributed by atoms with Crippen LogP contribution >= 0.6 is 0 Å². The summed E-state index contributed by atoms with van der Waals surface area (Å²) < 4.78 is 11.1. The van der Waals surface area contributed by atoms with E-state index in [1.54, 1.807) is 7.11 Å². The fraction of sp³-hybridized carbons (Fsp3) is 0.714. The van der Waals surface area contributed by atoms with Gasteiger partial charge in [0.05, 0.1) is 12.2 Å². The van der Waals surface area contributed by atoms with Crippen molar-refractivity contribution < 1.29 is 9.47 Å². The monoisotopic (exact) mass is 267 g/mol. The van der Waals surface area contributed by atoms with E-state index in [0.29, 0.717) is 12.5 Å². The van der Waals surface area contributed by atoms with E-state index < -0.39 is 0 Å². The number of hydrogen-bond acceptors (Lipinski definition) is 5. The minimum atomic E-state index is -0.175. The average Bonchev–Trinajstić information content (AvgIpc) is 2.38. The SMILES string of the molecule is CCNc1cc(OCCC(C)(C)OC)nc(CC)n1. The predicted molar refractivity (Wildman–Crippen MR) is 76.8 cm³/mol. The lowest BCUT2D eigenvalue weighted by atomic mass is 10.1. The molecule has 0 bridgehead atoms. The number of aromatic nitrogens is 2. The summed E-state index contributed by atoms with van der Waals surface area (Å²) in [6.07, 6.45) is 1.60. The van der Waals surface area contributed by atoms with Gasteiger partial charge in [-0.1, -0.05) is 6.92 Å². The van der Waals surface area contributed by atoms with Gasteiger partial charge in [0.15, 0.2) is 0 Å². The summed E-state index contributed by atoms with van der Waals surface area (Å²) in [5.41, 5.74) is -0.175. The minimum Gasteiger partial charge on any atom is -0.477 e. The molecular weight excluding hydrogens is 242 g/mol. The van der Waals surface area contributed by atoms with E-state index in [1.165, 1.54) is 0 Å². The van der Waals surface area contributed by atoms with Crippen LogP contribution < -0.4 is 10.1 Å². The van der Waals surface area contributed by atoms with Crippen molar-refractivity contribution in [2.75, 3.05) is 25.6 Å². The summed E-state index contributed by atoms with van der Waals surface area (Å²) in [4.78, 5) is 8.75. The van der Waals surface area contributed by atoms with Crippen molar-refractivity contribution in [1.82, 2.24) is 9.97 Å². The third-order valence-electron chi connectivity index (χ3n) is 2.93. The van der Waals surface area contributed by atoms with Gasteiger partial charge in [-0.15, -0.1) is 0 Å². The molecule has 0 aromatic carbocycles. The van der Waals surface area contributed by atoms with Gasteiger partial charge in [-0.2, -0.15) is 4.98 Å². The first-order valence-electron chi connectivity index (χ1n) is 6.80. The number of nitrogens with one attached hydrogen (secondary N) is 1. The quantitative estimate of drug-likeness (QED) is 0.784. The summed E-state index contributed by atoms with van der Waals surface area (Å²) in [6, 6.07) is 1.84.